The molecular formula is C20H26N4O3. The number of aryl methyl sites for hydroxylation is 1. The maximum atomic E-state index is 6.25. The fraction of sp³-hybridized carbons (Fsp3) is 0.500. The van der Waals surface area contributed by atoms with E-state index in [4.69, 9.17) is 24.9 Å². The minimum absolute atomic E-state index is 0.0623. The predicted octanol–water partition coefficient (Wildman–Crippen LogP) is 3.16. The third kappa shape index (κ3) is 3.38. The number of nitrogens with zero attached hydrogens (tertiary/aromatic N) is 3. The minimum atomic E-state index is -0.569. The summed E-state index contributed by atoms with van der Waals surface area (Å²) < 4.78 is 19.6. The van der Waals surface area contributed by atoms with Crippen LogP contribution in [0.2, 0.25) is 0 Å². The molecule has 0 amide bonds. The molecule has 1 saturated heterocycles. The van der Waals surface area contributed by atoms with Gasteiger partial charge in [0.05, 0.1) is 24.2 Å². The summed E-state index contributed by atoms with van der Waals surface area (Å²) in [7, 11) is 0. The van der Waals surface area contributed by atoms with Crippen LogP contribution in [0.4, 0.5) is 5.82 Å². The van der Waals surface area contributed by atoms with Crippen molar-refractivity contribution < 1.29 is 14.2 Å². The zero-order valence-corrected chi connectivity index (χ0v) is 16.3. The summed E-state index contributed by atoms with van der Waals surface area (Å²) in [6, 6.07) is 6.21. The highest BCUT2D eigenvalue weighted by Crippen LogP contribution is 2.31. The van der Waals surface area contributed by atoms with Gasteiger partial charge in [-0.25, -0.2) is 9.97 Å². The zero-order valence-electron chi connectivity index (χ0n) is 16.3. The van der Waals surface area contributed by atoms with E-state index in [1.807, 2.05) is 33.8 Å². The molecule has 0 radical (unpaired) electrons. The number of pyridine rings is 1. The van der Waals surface area contributed by atoms with Crippen molar-refractivity contribution in [2.24, 2.45) is 0 Å². The molecule has 1 atom stereocenters. The highest BCUT2D eigenvalue weighted by Gasteiger charge is 2.33. The summed E-state index contributed by atoms with van der Waals surface area (Å²) in [6.07, 6.45) is -0.0623. The third-order valence-electron chi connectivity index (χ3n) is 4.83. The first-order chi connectivity index (χ1) is 12.9. The van der Waals surface area contributed by atoms with Gasteiger partial charge in [-0.05, 0) is 39.3 Å². The van der Waals surface area contributed by atoms with Gasteiger partial charge < -0.3 is 24.5 Å². The van der Waals surface area contributed by atoms with Gasteiger partial charge in [0.25, 0.3) is 0 Å². The number of anilines is 1. The quantitative estimate of drug-likeness (QED) is 0.743. The smallest absolute Gasteiger partial charge is 0.163 e. The monoisotopic (exact) mass is 370 g/mol. The Bertz CT molecular complexity index is 996. The molecule has 7 nitrogen and oxygen atoms in total. The van der Waals surface area contributed by atoms with Crippen LogP contribution in [0.25, 0.3) is 21.9 Å². The van der Waals surface area contributed by atoms with Gasteiger partial charge in [-0.1, -0.05) is 12.1 Å². The molecule has 0 spiro atoms. The zero-order chi connectivity index (χ0) is 19.2. The van der Waals surface area contributed by atoms with Crippen LogP contribution in [-0.4, -0.2) is 39.6 Å². The van der Waals surface area contributed by atoms with Gasteiger partial charge in [0, 0.05) is 12.0 Å². The Morgan fingerprint density at radius 3 is 2.85 bits per heavy atom. The number of fused-ring (bicyclic) bond motifs is 3. The van der Waals surface area contributed by atoms with Crippen molar-refractivity contribution in [1.29, 1.82) is 0 Å². The molecule has 2 aromatic heterocycles. The lowest BCUT2D eigenvalue weighted by Crippen LogP contribution is -2.25. The Labute approximate surface area is 158 Å². The molecule has 1 fully saturated rings. The van der Waals surface area contributed by atoms with Crippen LogP contribution in [0.5, 0.6) is 0 Å². The second-order valence-corrected chi connectivity index (χ2v) is 7.44. The highest BCUT2D eigenvalue weighted by molar-refractivity contribution is 6.06. The van der Waals surface area contributed by atoms with Crippen LogP contribution < -0.4 is 5.73 Å². The molecule has 2 N–H and O–H groups in total. The molecule has 0 saturated carbocycles. The summed E-state index contributed by atoms with van der Waals surface area (Å²) in [4.78, 5) is 9.31. The summed E-state index contributed by atoms with van der Waals surface area (Å²) in [5, 5.41) is 1.03. The number of rotatable bonds is 5. The average molecular weight is 370 g/mol. The number of nitrogen functional groups attached to an aromatic ring is 1. The fourth-order valence-electron chi connectivity index (χ4n) is 3.62. The summed E-state index contributed by atoms with van der Waals surface area (Å²) in [5.74, 6) is 0.686. The normalized spacial score (nSPS) is 19.3. The van der Waals surface area contributed by atoms with Gasteiger partial charge in [0.15, 0.2) is 11.6 Å². The molecule has 144 valence electrons. The number of imidazole rings is 1. The molecule has 1 aromatic carbocycles. The second kappa shape index (κ2) is 6.74. The van der Waals surface area contributed by atoms with E-state index in [1.54, 1.807) is 0 Å². The fourth-order valence-corrected chi connectivity index (χ4v) is 3.62. The van der Waals surface area contributed by atoms with Gasteiger partial charge in [-0.15, -0.1) is 0 Å². The number of ether oxygens (including phenoxy) is 3. The van der Waals surface area contributed by atoms with Gasteiger partial charge >= 0.3 is 0 Å². The van der Waals surface area contributed by atoms with Crippen molar-refractivity contribution in [2.75, 3.05) is 18.9 Å². The lowest BCUT2D eigenvalue weighted by atomic mass is 10.1. The van der Waals surface area contributed by atoms with Crippen LogP contribution in [0, 0.1) is 6.92 Å². The lowest BCUT2D eigenvalue weighted by molar-refractivity contribution is -0.139. The van der Waals surface area contributed by atoms with E-state index in [-0.39, 0.29) is 6.10 Å². The van der Waals surface area contributed by atoms with Gasteiger partial charge in [0.2, 0.25) is 0 Å². The van der Waals surface area contributed by atoms with E-state index in [9.17, 15) is 0 Å². The Kier molecular flexibility index (Phi) is 4.53. The number of aromatic nitrogens is 3. The molecule has 27 heavy (non-hydrogen) atoms. The predicted molar refractivity (Wildman–Crippen MR) is 104 cm³/mol. The van der Waals surface area contributed by atoms with E-state index < -0.39 is 5.79 Å². The lowest BCUT2D eigenvalue weighted by Gasteiger charge is -2.18. The van der Waals surface area contributed by atoms with Gasteiger partial charge in [-0.2, -0.15) is 0 Å². The van der Waals surface area contributed by atoms with E-state index in [1.165, 1.54) is 0 Å². The van der Waals surface area contributed by atoms with E-state index in [0.29, 0.717) is 37.7 Å². The largest absolute Gasteiger partial charge is 0.382 e. The van der Waals surface area contributed by atoms with Crippen molar-refractivity contribution in [3.63, 3.8) is 0 Å². The summed E-state index contributed by atoms with van der Waals surface area (Å²) in [6.45, 7) is 10.1. The Morgan fingerprint density at radius 2 is 2.15 bits per heavy atom. The van der Waals surface area contributed by atoms with Crippen LogP contribution >= 0.6 is 0 Å². The third-order valence-corrected chi connectivity index (χ3v) is 4.83. The standard InChI is InChI=1S/C20H26N4O3/c1-5-25-11-16-23-17-18(24(16)9-13-10-26-20(3,4)27-13)14-7-6-12(2)8-15(14)22-19(17)21/h6-8,13H,5,9-11H2,1-4H3,(H2,21,22). The molecule has 3 aromatic rings. The van der Waals surface area contributed by atoms with E-state index in [0.717, 1.165) is 27.8 Å². The van der Waals surface area contributed by atoms with Crippen molar-refractivity contribution >= 4 is 27.8 Å². The number of benzene rings is 1. The van der Waals surface area contributed by atoms with Crippen molar-refractivity contribution in [3.8, 4) is 0 Å². The maximum Gasteiger partial charge on any atom is 0.163 e. The molecule has 0 aliphatic carbocycles. The second-order valence-electron chi connectivity index (χ2n) is 7.44. The number of nitrogens with two attached hydrogens (primary N) is 1. The number of hydrogen-bond acceptors (Lipinski definition) is 6. The Hall–Kier alpha value is -2.22. The topological polar surface area (TPSA) is 84.4 Å². The summed E-state index contributed by atoms with van der Waals surface area (Å²) >= 11 is 0. The average Bonchev–Trinajstić information content (AvgIpc) is 3.14. The van der Waals surface area contributed by atoms with Gasteiger partial charge in [-0.3, -0.25) is 0 Å². The van der Waals surface area contributed by atoms with Gasteiger partial charge in [0.1, 0.15) is 24.1 Å². The van der Waals surface area contributed by atoms with Crippen LogP contribution in [-0.2, 0) is 27.4 Å². The molecule has 0 bridgehead atoms. The molecule has 1 unspecified atom stereocenters. The highest BCUT2D eigenvalue weighted by atomic mass is 16.7. The molecular weight excluding hydrogens is 344 g/mol. The summed E-state index contributed by atoms with van der Waals surface area (Å²) in [5.41, 5.74) is 9.94. The molecule has 4 rings (SSSR count). The van der Waals surface area contributed by atoms with Crippen LogP contribution in [0.15, 0.2) is 18.2 Å². The first-order valence-electron chi connectivity index (χ1n) is 9.32. The molecule has 7 heteroatoms. The van der Waals surface area contributed by atoms with E-state index >= 15 is 0 Å². The molecule has 1 aliphatic rings. The molecule has 3 heterocycles. The van der Waals surface area contributed by atoms with Crippen LogP contribution in [0.3, 0.4) is 0 Å². The SMILES string of the molecule is CCOCc1nc2c(N)nc3cc(C)ccc3c2n1CC1COC(C)(C)O1. The van der Waals surface area contributed by atoms with E-state index in [2.05, 4.69) is 21.7 Å². The first-order valence-corrected chi connectivity index (χ1v) is 9.32. The molecule has 1 aliphatic heterocycles. The Balaban J connectivity index is 1.88. The van der Waals surface area contributed by atoms with Crippen molar-refractivity contribution in [1.82, 2.24) is 14.5 Å². The van der Waals surface area contributed by atoms with Crippen molar-refractivity contribution in [3.05, 3.63) is 29.6 Å². The van der Waals surface area contributed by atoms with Crippen molar-refractivity contribution in [2.45, 2.75) is 52.7 Å². The van der Waals surface area contributed by atoms with Crippen LogP contribution in [0.1, 0.15) is 32.2 Å². The Morgan fingerprint density at radius 1 is 1.33 bits per heavy atom. The first kappa shape index (κ1) is 18.2. The number of hydrogen-bond donors (Lipinski definition) is 1. The minimum Gasteiger partial charge on any atom is -0.382 e. The maximum absolute atomic E-state index is 6.25.